The third-order valence-electron chi connectivity index (χ3n) is 4.10. The van der Waals surface area contributed by atoms with Gasteiger partial charge in [-0.1, -0.05) is 18.2 Å². The lowest BCUT2D eigenvalue weighted by atomic mass is 10.1. The summed E-state index contributed by atoms with van der Waals surface area (Å²) in [5.41, 5.74) is 5.88. The Morgan fingerprint density at radius 3 is 2.30 bits per heavy atom. The van der Waals surface area contributed by atoms with Crippen LogP contribution in [0.3, 0.4) is 0 Å². The molecule has 0 unspecified atom stereocenters. The van der Waals surface area contributed by atoms with Crippen LogP contribution in [-0.4, -0.2) is 35.5 Å². The molecular formula is C20H22N4O6. The smallest absolute Gasteiger partial charge is 0.373 e. The first-order valence-electron chi connectivity index (χ1n) is 9.24. The number of carbonyl (C=O) groups is 3. The Hall–Kier alpha value is -3.79. The molecule has 10 nitrogen and oxygen atoms in total. The van der Waals surface area contributed by atoms with E-state index in [0.717, 1.165) is 0 Å². The van der Waals surface area contributed by atoms with E-state index in [1.165, 1.54) is 36.4 Å². The van der Waals surface area contributed by atoms with Crippen LogP contribution in [0.1, 0.15) is 29.6 Å². The highest BCUT2D eigenvalue weighted by Crippen LogP contribution is 2.16. The highest BCUT2D eigenvalue weighted by Gasteiger charge is 2.23. The van der Waals surface area contributed by atoms with E-state index in [2.05, 4.69) is 10.6 Å². The number of carbonyl (C=O) groups excluding carboxylic acids is 3. The fourth-order valence-corrected chi connectivity index (χ4v) is 2.55. The van der Waals surface area contributed by atoms with E-state index >= 15 is 0 Å². The summed E-state index contributed by atoms with van der Waals surface area (Å²) in [4.78, 5) is 46.9. The van der Waals surface area contributed by atoms with Gasteiger partial charge in [0.25, 0.3) is 5.69 Å². The Kier molecular flexibility index (Phi) is 8.45. The standard InChI is InChI=1S/C20H22N4O6/c21-13-5-4-8-17(18(25)22-15-9-11-16(12-10-15)24(28)29)23-20(27)30-19(26)14-6-2-1-3-7-14/h1-3,6-7,9-12,17H,4-5,8,13,21H2,(H,22,25)(H,23,27)/t17-/m0/s1. The third kappa shape index (κ3) is 6.99. The molecule has 4 N–H and O–H groups in total. The van der Waals surface area contributed by atoms with Crippen molar-refractivity contribution in [2.75, 3.05) is 11.9 Å². The number of rotatable bonds is 9. The van der Waals surface area contributed by atoms with Crippen molar-refractivity contribution in [1.82, 2.24) is 5.32 Å². The van der Waals surface area contributed by atoms with Crippen LogP contribution in [0.25, 0.3) is 0 Å². The topological polar surface area (TPSA) is 154 Å². The number of ether oxygens (including phenoxy) is 1. The lowest BCUT2D eigenvalue weighted by molar-refractivity contribution is -0.384. The van der Waals surface area contributed by atoms with Crippen LogP contribution in [0.15, 0.2) is 54.6 Å². The lowest BCUT2D eigenvalue weighted by Gasteiger charge is -2.18. The van der Waals surface area contributed by atoms with E-state index in [0.29, 0.717) is 25.1 Å². The van der Waals surface area contributed by atoms with Crippen LogP contribution >= 0.6 is 0 Å². The fourth-order valence-electron chi connectivity index (χ4n) is 2.55. The first kappa shape index (κ1) is 22.5. The first-order valence-corrected chi connectivity index (χ1v) is 9.24. The number of esters is 1. The molecule has 0 aliphatic heterocycles. The summed E-state index contributed by atoms with van der Waals surface area (Å²) in [6.07, 6.45) is 0.411. The SMILES string of the molecule is NCCCC[C@H](NC(=O)OC(=O)c1ccccc1)C(=O)Nc1ccc([N+](=O)[O-])cc1. The van der Waals surface area contributed by atoms with Gasteiger partial charge in [-0.05, 0) is 50.1 Å². The summed E-state index contributed by atoms with van der Waals surface area (Å²) in [6, 6.07) is 12.2. The van der Waals surface area contributed by atoms with Crippen LogP contribution < -0.4 is 16.4 Å². The molecule has 0 spiro atoms. The van der Waals surface area contributed by atoms with Gasteiger partial charge in [0.1, 0.15) is 6.04 Å². The van der Waals surface area contributed by atoms with Crippen LogP contribution in [-0.2, 0) is 9.53 Å². The minimum atomic E-state index is -1.06. The van der Waals surface area contributed by atoms with Gasteiger partial charge in [0.05, 0.1) is 10.5 Å². The molecule has 0 fully saturated rings. The zero-order chi connectivity index (χ0) is 21.9. The molecule has 2 aromatic carbocycles. The van der Waals surface area contributed by atoms with Crippen LogP contribution in [0.4, 0.5) is 16.2 Å². The molecule has 1 atom stereocenters. The number of hydrogen-bond donors (Lipinski definition) is 3. The number of nitro groups is 1. The second-order valence-corrected chi connectivity index (χ2v) is 6.32. The van der Waals surface area contributed by atoms with E-state index in [1.807, 2.05) is 0 Å². The molecule has 0 bridgehead atoms. The van der Waals surface area contributed by atoms with Crippen molar-refractivity contribution < 1.29 is 24.0 Å². The Balaban J connectivity index is 2.00. The van der Waals surface area contributed by atoms with E-state index in [1.54, 1.807) is 18.2 Å². The second-order valence-electron chi connectivity index (χ2n) is 6.32. The van der Waals surface area contributed by atoms with Crippen molar-refractivity contribution in [3.63, 3.8) is 0 Å². The van der Waals surface area contributed by atoms with Crippen LogP contribution in [0.2, 0.25) is 0 Å². The van der Waals surface area contributed by atoms with Crippen molar-refractivity contribution in [2.24, 2.45) is 5.73 Å². The van der Waals surface area contributed by atoms with Crippen molar-refractivity contribution in [3.8, 4) is 0 Å². The quantitative estimate of drug-likeness (QED) is 0.187. The Morgan fingerprint density at radius 2 is 1.70 bits per heavy atom. The number of alkyl carbamates (subject to hydrolysis) is 1. The number of non-ortho nitro benzene ring substituents is 1. The molecule has 0 saturated carbocycles. The molecular weight excluding hydrogens is 392 g/mol. The molecule has 10 heteroatoms. The number of nitrogens with two attached hydrogens (primary N) is 1. The lowest BCUT2D eigenvalue weighted by Crippen LogP contribution is -2.44. The summed E-state index contributed by atoms with van der Waals surface area (Å²) in [6.45, 7) is 0.424. The molecule has 2 aromatic rings. The molecule has 2 amide bonds. The highest BCUT2D eigenvalue weighted by molar-refractivity contribution is 5.99. The number of hydrogen-bond acceptors (Lipinski definition) is 7. The zero-order valence-corrected chi connectivity index (χ0v) is 16.1. The van der Waals surface area contributed by atoms with E-state index in [-0.39, 0.29) is 17.7 Å². The van der Waals surface area contributed by atoms with Gasteiger partial charge in [0.15, 0.2) is 0 Å². The van der Waals surface area contributed by atoms with Crippen molar-refractivity contribution in [3.05, 3.63) is 70.3 Å². The predicted octanol–water partition coefficient (Wildman–Crippen LogP) is 2.60. The molecule has 158 valence electrons. The fraction of sp³-hybridized carbons (Fsp3) is 0.250. The number of anilines is 1. The predicted molar refractivity (Wildman–Crippen MR) is 109 cm³/mol. The molecule has 0 radical (unpaired) electrons. The molecule has 0 heterocycles. The van der Waals surface area contributed by atoms with Gasteiger partial charge in [-0.2, -0.15) is 0 Å². The van der Waals surface area contributed by atoms with Gasteiger partial charge in [-0.25, -0.2) is 9.59 Å². The Morgan fingerprint density at radius 1 is 1.03 bits per heavy atom. The maximum Gasteiger partial charge on any atom is 0.415 e. The minimum Gasteiger partial charge on any atom is -0.373 e. The summed E-state index contributed by atoms with van der Waals surface area (Å²) >= 11 is 0. The Labute approximate surface area is 172 Å². The van der Waals surface area contributed by atoms with Crippen LogP contribution in [0, 0.1) is 10.1 Å². The molecule has 0 aliphatic carbocycles. The van der Waals surface area contributed by atoms with E-state index < -0.39 is 28.9 Å². The normalized spacial score (nSPS) is 11.2. The van der Waals surface area contributed by atoms with Gasteiger partial charge in [-0.15, -0.1) is 0 Å². The summed E-state index contributed by atoms with van der Waals surface area (Å²) < 4.78 is 4.75. The minimum absolute atomic E-state index is 0.117. The van der Waals surface area contributed by atoms with Crippen LogP contribution in [0.5, 0.6) is 0 Å². The maximum atomic E-state index is 12.6. The molecule has 30 heavy (non-hydrogen) atoms. The molecule has 0 aliphatic rings. The zero-order valence-electron chi connectivity index (χ0n) is 16.1. The number of unbranched alkanes of at least 4 members (excludes halogenated alkanes) is 1. The maximum absolute atomic E-state index is 12.6. The van der Waals surface area contributed by atoms with Gasteiger partial charge in [0.2, 0.25) is 5.91 Å². The summed E-state index contributed by atoms with van der Waals surface area (Å²) in [5, 5.41) is 15.7. The van der Waals surface area contributed by atoms with Crippen molar-refractivity contribution in [1.29, 1.82) is 0 Å². The van der Waals surface area contributed by atoms with Gasteiger partial charge >= 0.3 is 12.1 Å². The average Bonchev–Trinajstić information content (AvgIpc) is 2.74. The number of amides is 2. The second kappa shape index (κ2) is 11.3. The highest BCUT2D eigenvalue weighted by atomic mass is 16.6. The number of benzene rings is 2. The van der Waals surface area contributed by atoms with Crippen molar-refractivity contribution in [2.45, 2.75) is 25.3 Å². The molecule has 0 saturated heterocycles. The van der Waals surface area contributed by atoms with Crippen molar-refractivity contribution >= 4 is 29.3 Å². The van der Waals surface area contributed by atoms with E-state index in [4.69, 9.17) is 10.5 Å². The monoisotopic (exact) mass is 414 g/mol. The first-order chi connectivity index (χ1) is 14.4. The van der Waals surface area contributed by atoms with Gasteiger partial charge in [0, 0.05) is 17.8 Å². The van der Waals surface area contributed by atoms with E-state index in [9.17, 15) is 24.5 Å². The third-order valence-corrected chi connectivity index (χ3v) is 4.10. The number of nitrogens with one attached hydrogen (secondary N) is 2. The molecule has 2 rings (SSSR count). The molecule has 0 aromatic heterocycles. The average molecular weight is 414 g/mol. The summed E-state index contributed by atoms with van der Waals surface area (Å²) in [5.74, 6) is -1.39. The summed E-state index contributed by atoms with van der Waals surface area (Å²) in [7, 11) is 0. The largest absolute Gasteiger partial charge is 0.415 e. The van der Waals surface area contributed by atoms with Gasteiger partial charge < -0.3 is 21.1 Å². The number of nitrogens with zero attached hydrogens (tertiary/aromatic N) is 1. The number of nitro benzene ring substituents is 1. The van der Waals surface area contributed by atoms with Gasteiger partial charge in [-0.3, -0.25) is 14.9 Å². The Bertz CT molecular complexity index is 886.